The van der Waals surface area contributed by atoms with Gasteiger partial charge in [0.2, 0.25) is 0 Å². The summed E-state index contributed by atoms with van der Waals surface area (Å²) in [7, 11) is 0. The van der Waals surface area contributed by atoms with Crippen LogP contribution in [0.25, 0.3) is 0 Å². The standard InChI is InChI=1S/C5H2BrClO2/c6-3-1-4(5(7)8)9-2-3/h1-2H/i2D. The predicted octanol–water partition coefficient (Wildman–Crippen LogP) is 2.42. The predicted molar refractivity (Wildman–Crippen MR) is 36.6 cm³/mol. The van der Waals surface area contributed by atoms with Crippen LogP contribution in [0.15, 0.2) is 21.2 Å². The van der Waals surface area contributed by atoms with Crippen LogP contribution in [-0.4, -0.2) is 5.24 Å². The highest BCUT2D eigenvalue weighted by atomic mass is 79.9. The first kappa shape index (κ1) is 5.50. The molecular formula is C5H2BrClO2. The molecule has 4 heteroatoms. The van der Waals surface area contributed by atoms with Crippen LogP contribution in [0, 0.1) is 0 Å². The maximum atomic E-state index is 10.4. The molecular weight excluding hydrogens is 207 g/mol. The third-order valence-corrected chi connectivity index (χ3v) is 1.29. The van der Waals surface area contributed by atoms with Gasteiger partial charge in [-0.25, -0.2) is 0 Å². The molecule has 0 aliphatic heterocycles. The lowest BCUT2D eigenvalue weighted by Crippen LogP contribution is -1.80. The second kappa shape index (κ2) is 2.54. The lowest BCUT2D eigenvalue weighted by molar-refractivity contribution is 0.105. The summed E-state index contributed by atoms with van der Waals surface area (Å²) in [6, 6.07) is 1.36. The van der Waals surface area contributed by atoms with Gasteiger partial charge in [-0.15, -0.1) is 0 Å². The van der Waals surface area contributed by atoms with E-state index in [0.717, 1.165) is 0 Å². The van der Waals surface area contributed by atoms with E-state index in [1.165, 1.54) is 6.07 Å². The van der Waals surface area contributed by atoms with Gasteiger partial charge in [0, 0.05) is 6.07 Å². The van der Waals surface area contributed by atoms with Crippen molar-refractivity contribution in [3.63, 3.8) is 0 Å². The lowest BCUT2D eigenvalue weighted by Gasteiger charge is -1.77. The largest absolute Gasteiger partial charge is 0.459 e. The molecule has 0 unspecified atom stereocenters. The summed E-state index contributed by atoms with van der Waals surface area (Å²) in [5.41, 5.74) is 0. The number of carbonyl (C=O) groups is 1. The first-order chi connectivity index (χ1) is 4.61. The number of halogens is 2. The Morgan fingerprint density at radius 1 is 2.00 bits per heavy atom. The number of furan rings is 1. The van der Waals surface area contributed by atoms with Gasteiger partial charge in [-0.2, -0.15) is 0 Å². The Morgan fingerprint density at radius 2 is 2.67 bits per heavy atom. The SMILES string of the molecule is [2H]c1oc(C(=O)Cl)cc1Br. The van der Waals surface area contributed by atoms with Crippen molar-refractivity contribution in [1.82, 2.24) is 0 Å². The Kier molecular flexibility index (Phi) is 1.55. The summed E-state index contributed by atoms with van der Waals surface area (Å²) in [4.78, 5) is 10.4. The first-order valence-electron chi connectivity index (χ1n) is 2.57. The van der Waals surface area contributed by atoms with Gasteiger partial charge >= 0.3 is 0 Å². The summed E-state index contributed by atoms with van der Waals surface area (Å²) >= 11 is 8.04. The average Bonchev–Trinajstić information content (AvgIpc) is 2.13. The third kappa shape index (κ3) is 1.56. The summed E-state index contributed by atoms with van der Waals surface area (Å²) < 4.78 is 12.1. The van der Waals surface area contributed by atoms with Gasteiger partial charge in [-0.3, -0.25) is 4.79 Å². The van der Waals surface area contributed by atoms with Crippen molar-refractivity contribution in [3.05, 3.63) is 22.5 Å². The molecule has 2 nitrogen and oxygen atoms in total. The molecule has 0 amide bonds. The van der Waals surface area contributed by atoms with Crippen molar-refractivity contribution < 1.29 is 10.6 Å². The van der Waals surface area contributed by atoms with Crippen molar-refractivity contribution in [2.24, 2.45) is 0 Å². The maximum absolute atomic E-state index is 10.4. The van der Waals surface area contributed by atoms with E-state index >= 15 is 0 Å². The fraction of sp³-hybridized carbons (Fsp3) is 0. The van der Waals surface area contributed by atoms with Crippen molar-refractivity contribution in [2.75, 3.05) is 0 Å². The van der Waals surface area contributed by atoms with E-state index in [9.17, 15) is 4.79 Å². The molecule has 0 saturated heterocycles. The van der Waals surface area contributed by atoms with E-state index in [1.54, 1.807) is 0 Å². The minimum absolute atomic E-state index is 0.0152. The number of carbonyl (C=O) groups excluding carboxylic acids is 1. The zero-order valence-electron chi connectivity index (χ0n) is 5.15. The summed E-state index contributed by atoms with van der Waals surface area (Å²) in [6.07, 6.45) is -0.0935. The molecule has 0 bridgehead atoms. The Hall–Kier alpha value is -0.280. The Morgan fingerprint density at radius 3 is 2.89 bits per heavy atom. The van der Waals surface area contributed by atoms with Crippen LogP contribution >= 0.6 is 27.5 Å². The summed E-state index contributed by atoms with van der Waals surface area (Å²) in [5.74, 6) is -0.0152. The van der Waals surface area contributed by atoms with Gasteiger partial charge in [-0.05, 0) is 27.5 Å². The molecule has 9 heavy (non-hydrogen) atoms. The minimum atomic E-state index is -0.695. The van der Waals surface area contributed by atoms with Gasteiger partial charge in [0.05, 0.1) is 4.47 Å². The smallest absolute Gasteiger partial charge is 0.287 e. The molecule has 0 spiro atoms. The minimum Gasteiger partial charge on any atom is -0.459 e. The zero-order chi connectivity index (χ0) is 7.72. The van der Waals surface area contributed by atoms with Crippen molar-refractivity contribution in [2.45, 2.75) is 0 Å². The van der Waals surface area contributed by atoms with Crippen LogP contribution in [0.2, 0.25) is 0 Å². The number of hydrogen-bond acceptors (Lipinski definition) is 2. The van der Waals surface area contributed by atoms with Crippen LogP contribution in [0.4, 0.5) is 0 Å². The Bertz CT molecular complexity index is 251. The molecule has 0 N–H and O–H groups in total. The molecule has 0 atom stereocenters. The van der Waals surface area contributed by atoms with Crippen LogP contribution in [0.1, 0.15) is 11.9 Å². The fourth-order valence-electron chi connectivity index (χ4n) is 0.375. The van der Waals surface area contributed by atoms with E-state index in [0.29, 0.717) is 4.47 Å². The Labute approximate surface area is 66.3 Å². The highest BCUT2D eigenvalue weighted by Gasteiger charge is 2.04. The van der Waals surface area contributed by atoms with Gasteiger partial charge < -0.3 is 4.42 Å². The van der Waals surface area contributed by atoms with Crippen LogP contribution in [0.5, 0.6) is 0 Å². The molecule has 0 fully saturated rings. The normalized spacial score (nSPS) is 11.1. The quantitative estimate of drug-likeness (QED) is 0.666. The maximum Gasteiger partial charge on any atom is 0.287 e. The van der Waals surface area contributed by atoms with Crippen molar-refractivity contribution >= 4 is 32.8 Å². The average molecular weight is 210 g/mol. The van der Waals surface area contributed by atoms with Crippen LogP contribution < -0.4 is 0 Å². The molecule has 1 aromatic rings. The van der Waals surface area contributed by atoms with Crippen LogP contribution in [-0.2, 0) is 0 Å². The van der Waals surface area contributed by atoms with E-state index in [2.05, 4.69) is 20.3 Å². The van der Waals surface area contributed by atoms with Crippen molar-refractivity contribution in [3.8, 4) is 0 Å². The first-order valence-corrected chi connectivity index (χ1v) is 3.24. The van der Waals surface area contributed by atoms with Gasteiger partial charge in [0.1, 0.15) is 7.61 Å². The topological polar surface area (TPSA) is 30.2 Å². The molecule has 1 rings (SSSR count). The molecule has 0 radical (unpaired) electrons. The molecule has 0 aliphatic rings. The molecule has 1 heterocycles. The molecule has 0 aromatic carbocycles. The van der Waals surface area contributed by atoms with Crippen molar-refractivity contribution in [1.29, 1.82) is 0 Å². The highest BCUT2D eigenvalue weighted by Crippen LogP contribution is 2.15. The van der Waals surface area contributed by atoms with E-state index < -0.39 is 5.24 Å². The monoisotopic (exact) mass is 209 g/mol. The third-order valence-electron chi connectivity index (χ3n) is 0.710. The van der Waals surface area contributed by atoms with E-state index in [1.807, 2.05) is 0 Å². The summed E-state index contributed by atoms with van der Waals surface area (Å²) in [5, 5.41) is -0.695. The second-order valence-corrected chi connectivity index (χ2v) is 2.53. The summed E-state index contributed by atoms with van der Waals surface area (Å²) in [6.45, 7) is 0. The number of hydrogen-bond donors (Lipinski definition) is 0. The zero-order valence-corrected chi connectivity index (χ0v) is 6.49. The van der Waals surface area contributed by atoms with E-state index in [4.69, 9.17) is 13.0 Å². The lowest BCUT2D eigenvalue weighted by atomic mass is 10.5. The van der Waals surface area contributed by atoms with Crippen LogP contribution in [0.3, 0.4) is 0 Å². The Balaban J connectivity index is 3.10. The molecule has 48 valence electrons. The van der Waals surface area contributed by atoms with E-state index in [-0.39, 0.29) is 12.0 Å². The second-order valence-electron chi connectivity index (χ2n) is 1.33. The van der Waals surface area contributed by atoms with Gasteiger partial charge in [0.25, 0.3) is 5.24 Å². The fourth-order valence-corrected chi connectivity index (χ4v) is 0.757. The highest BCUT2D eigenvalue weighted by molar-refractivity contribution is 9.10. The molecule has 1 aromatic heterocycles. The van der Waals surface area contributed by atoms with Gasteiger partial charge in [0.15, 0.2) is 5.76 Å². The number of rotatable bonds is 1. The molecule has 0 saturated carbocycles. The van der Waals surface area contributed by atoms with Gasteiger partial charge in [-0.1, -0.05) is 0 Å². The molecule has 0 aliphatic carbocycles.